The van der Waals surface area contributed by atoms with E-state index in [4.69, 9.17) is 14.6 Å². The number of hydrogen-bond donors (Lipinski definition) is 1. The largest absolute Gasteiger partial charge is 0.479 e. The summed E-state index contributed by atoms with van der Waals surface area (Å²) in [5.41, 5.74) is -0.235. The molecule has 1 aliphatic carbocycles. The summed E-state index contributed by atoms with van der Waals surface area (Å²) in [5.74, 6) is -0.857. The molecule has 1 saturated carbocycles. The van der Waals surface area contributed by atoms with E-state index in [2.05, 4.69) is 0 Å². The normalized spacial score (nSPS) is 30.9. The van der Waals surface area contributed by atoms with E-state index in [0.29, 0.717) is 0 Å². The lowest BCUT2D eigenvalue weighted by atomic mass is 9.87. The molecule has 4 nitrogen and oxygen atoms in total. The minimum Gasteiger partial charge on any atom is -0.479 e. The average Bonchev–Trinajstić information content (AvgIpc) is 3.01. The lowest BCUT2D eigenvalue weighted by Gasteiger charge is -2.33. The predicted molar refractivity (Wildman–Crippen MR) is 53.7 cm³/mol. The maximum Gasteiger partial charge on any atom is 0.333 e. The highest BCUT2D eigenvalue weighted by molar-refractivity contribution is 5.74. The highest BCUT2D eigenvalue weighted by Crippen LogP contribution is 2.55. The summed E-state index contributed by atoms with van der Waals surface area (Å²) in [4.78, 5) is 11.1. The summed E-state index contributed by atoms with van der Waals surface area (Å²) in [5, 5.41) is 9.10. The van der Waals surface area contributed by atoms with Crippen molar-refractivity contribution < 1.29 is 19.4 Å². The lowest BCUT2D eigenvalue weighted by Crippen LogP contribution is -2.43. The van der Waals surface area contributed by atoms with Crippen LogP contribution in [0.4, 0.5) is 0 Å². The number of carboxylic acid groups (broad SMARTS) is 1. The summed E-state index contributed by atoms with van der Waals surface area (Å²) in [6.07, 6.45) is 4.45. The van der Waals surface area contributed by atoms with Crippen molar-refractivity contribution in [1.82, 2.24) is 0 Å². The van der Waals surface area contributed by atoms with E-state index in [9.17, 15) is 4.79 Å². The molecule has 0 bridgehead atoms. The van der Waals surface area contributed by atoms with Crippen molar-refractivity contribution in [3.63, 3.8) is 0 Å². The van der Waals surface area contributed by atoms with Crippen LogP contribution >= 0.6 is 0 Å². The Bertz CT molecular complexity index is 241. The standard InChI is InChI=1S/C11H18O4/c1-14-9(10(12)13)11(5-6-11)8-4-2-3-7-15-8/h8-9H,2-7H2,1H3,(H,12,13). The van der Waals surface area contributed by atoms with E-state index in [1.807, 2.05) is 0 Å². The maximum atomic E-state index is 11.1. The molecule has 1 aliphatic heterocycles. The first-order valence-electron chi connectivity index (χ1n) is 5.58. The van der Waals surface area contributed by atoms with E-state index in [1.165, 1.54) is 7.11 Å². The van der Waals surface area contributed by atoms with Crippen molar-refractivity contribution >= 4 is 5.97 Å². The zero-order valence-corrected chi connectivity index (χ0v) is 9.07. The smallest absolute Gasteiger partial charge is 0.333 e. The van der Waals surface area contributed by atoms with Gasteiger partial charge in [-0.05, 0) is 32.1 Å². The van der Waals surface area contributed by atoms with E-state index in [-0.39, 0.29) is 11.5 Å². The first-order valence-corrected chi connectivity index (χ1v) is 5.58. The van der Waals surface area contributed by atoms with Gasteiger partial charge in [0.2, 0.25) is 0 Å². The van der Waals surface area contributed by atoms with Gasteiger partial charge in [-0.3, -0.25) is 0 Å². The Morgan fingerprint density at radius 2 is 2.27 bits per heavy atom. The van der Waals surface area contributed by atoms with Gasteiger partial charge < -0.3 is 14.6 Å². The van der Waals surface area contributed by atoms with Gasteiger partial charge in [0.05, 0.1) is 6.10 Å². The van der Waals surface area contributed by atoms with Gasteiger partial charge in [0, 0.05) is 19.1 Å². The van der Waals surface area contributed by atoms with Gasteiger partial charge in [-0.25, -0.2) is 4.79 Å². The van der Waals surface area contributed by atoms with Crippen molar-refractivity contribution in [3.8, 4) is 0 Å². The summed E-state index contributed by atoms with van der Waals surface area (Å²) in [7, 11) is 1.47. The molecule has 1 saturated heterocycles. The molecule has 0 aromatic heterocycles. The fourth-order valence-electron chi connectivity index (χ4n) is 2.67. The molecule has 2 fully saturated rings. The first-order chi connectivity index (χ1) is 7.20. The Balaban J connectivity index is 2.07. The second kappa shape index (κ2) is 4.10. The monoisotopic (exact) mass is 214 g/mol. The Morgan fingerprint density at radius 1 is 1.53 bits per heavy atom. The van der Waals surface area contributed by atoms with E-state index < -0.39 is 12.1 Å². The van der Waals surface area contributed by atoms with Crippen molar-refractivity contribution in [2.24, 2.45) is 5.41 Å². The number of methoxy groups -OCH3 is 1. The number of carbonyl (C=O) groups is 1. The summed E-state index contributed by atoms with van der Waals surface area (Å²) in [6.45, 7) is 0.766. The SMILES string of the molecule is COC(C(=O)O)C1(C2CCCCO2)CC1. The molecule has 4 heteroatoms. The average molecular weight is 214 g/mol. The number of aliphatic carboxylic acids is 1. The zero-order valence-electron chi connectivity index (χ0n) is 9.07. The molecule has 0 spiro atoms. The minimum atomic E-state index is -0.857. The summed E-state index contributed by atoms with van der Waals surface area (Å²) in [6, 6.07) is 0. The Morgan fingerprint density at radius 3 is 2.67 bits per heavy atom. The number of rotatable bonds is 4. The second-order valence-corrected chi connectivity index (χ2v) is 4.54. The number of hydrogen-bond acceptors (Lipinski definition) is 3. The van der Waals surface area contributed by atoms with Crippen LogP contribution in [0.15, 0.2) is 0 Å². The van der Waals surface area contributed by atoms with Crippen LogP contribution in [0.1, 0.15) is 32.1 Å². The number of carboxylic acids is 1. The zero-order chi connectivity index (χ0) is 10.9. The molecule has 0 aromatic carbocycles. The number of ether oxygens (including phenoxy) is 2. The topological polar surface area (TPSA) is 55.8 Å². The van der Waals surface area contributed by atoms with Gasteiger partial charge in [0.1, 0.15) is 0 Å². The van der Waals surface area contributed by atoms with E-state index in [0.717, 1.165) is 38.7 Å². The van der Waals surface area contributed by atoms with Crippen LogP contribution in [0, 0.1) is 5.41 Å². The van der Waals surface area contributed by atoms with Crippen molar-refractivity contribution in [2.75, 3.05) is 13.7 Å². The lowest BCUT2D eigenvalue weighted by molar-refractivity contribution is -0.161. The van der Waals surface area contributed by atoms with Crippen LogP contribution in [-0.2, 0) is 14.3 Å². The third-order valence-corrected chi connectivity index (χ3v) is 3.63. The molecule has 2 aliphatic rings. The van der Waals surface area contributed by atoms with Crippen molar-refractivity contribution in [1.29, 1.82) is 0 Å². The third kappa shape index (κ3) is 1.88. The second-order valence-electron chi connectivity index (χ2n) is 4.54. The van der Waals surface area contributed by atoms with E-state index >= 15 is 0 Å². The molecular weight excluding hydrogens is 196 g/mol. The van der Waals surface area contributed by atoms with Crippen LogP contribution in [0.25, 0.3) is 0 Å². The molecule has 2 rings (SSSR count). The van der Waals surface area contributed by atoms with Crippen LogP contribution in [0.2, 0.25) is 0 Å². The van der Waals surface area contributed by atoms with E-state index in [1.54, 1.807) is 0 Å². The first kappa shape index (κ1) is 10.9. The Kier molecular flexibility index (Phi) is 2.98. The quantitative estimate of drug-likeness (QED) is 0.769. The van der Waals surface area contributed by atoms with Gasteiger partial charge in [-0.1, -0.05) is 0 Å². The molecule has 0 amide bonds. The van der Waals surface area contributed by atoms with Gasteiger partial charge in [0.15, 0.2) is 6.10 Å². The fraction of sp³-hybridized carbons (Fsp3) is 0.909. The summed E-state index contributed by atoms with van der Waals surface area (Å²) < 4.78 is 10.8. The molecular formula is C11H18O4. The molecule has 0 radical (unpaired) electrons. The maximum absolute atomic E-state index is 11.1. The highest BCUT2D eigenvalue weighted by atomic mass is 16.5. The van der Waals surface area contributed by atoms with Gasteiger partial charge in [0.25, 0.3) is 0 Å². The van der Waals surface area contributed by atoms with Gasteiger partial charge in [-0.2, -0.15) is 0 Å². The van der Waals surface area contributed by atoms with Crippen LogP contribution in [-0.4, -0.2) is 37.0 Å². The summed E-state index contributed by atoms with van der Waals surface area (Å²) >= 11 is 0. The Labute approximate surface area is 89.6 Å². The van der Waals surface area contributed by atoms with Crippen molar-refractivity contribution in [3.05, 3.63) is 0 Å². The molecule has 2 atom stereocenters. The molecule has 15 heavy (non-hydrogen) atoms. The molecule has 1 N–H and O–H groups in total. The third-order valence-electron chi connectivity index (χ3n) is 3.63. The highest BCUT2D eigenvalue weighted by Gasteiger charge is 2.58. The molecule has 0 aromatic rings. The Hall–Kier alpha value is -0.610. The van der Waals surface area contributed by atoms with Crippen LogP contribution < -0.4 is 0 Å². The predicted octanol–water partition coefficient (Wildman–Crippen LogP) is 1.44. The van der Waals surface area contributed by atoms with Crippen LogP contribution in [0.3, 0.4) is 0 Å². The fourth-order valence-corrected chi connectivity index (χ4v) is 2.67. The van der Waals surface area contributed by atoms with Gasteiger partial charge >= 0.3 is 5.97 Å². The molecule has 1 heterocycles. The minimum absolute atomic E-state index is 0.0901. The van der Waals surface area contributed by atoms with Gasteiger partial charge in [-0.15, -0.1) is 0 Å². The molecule has 2 unspecified atom stereocenters. The van der Waals surface area contributed by atoms with Crippen molar-refractivity contribution in [2.45, 2.75) is 44.3 Å². The molecule has 86 valence electrons. The van der Waals surface area contributed by atoms with Crippen LogP contribution in [0.5, 0.6) is 0 Å².